The third-order valence-electron chi connectivity index (χ3n) is 4.58. The van der Waals surface area contributed by atoms with Gasteiger partial charge in [0.1, 0.15) is 5.82 Å². The number of carbonyl (C=O) groups is 1. The van der Waals surface area contributed by atoms with Crippen LogP contribution in [0, 0.1) is 20.8 Å². The van der Waals surface area contributed by atoms with Gasteiger partial charge in [0.05, 0.1) is 5.52 Å². The Morgan fingerprint density at radius 1 is 1.21 bits per heavy atom. The molecule has 8 nitrogen and oxygen atoms in total. The van der Waals surface area contributed by atoms with Gasteiger partial charge in [0.25, 0.3) is 0 Å². The second-order valence-electron chi connectivity index (χ2n) is 6.87. The summed E-state index contributed by atoms with van der Waals surface area (Å²) in [5, 5.41) is 14.0. The van der Waals surface area contributed by atoms with Crippen molar-refractivity contribution in [1.29, 1.82) is 0 Å². The van der Waals surface area contributed by atoms with E-state index in [1.165, 1.54) is 6.08 Å². The molecular formula is C21H21N7O. The molecule has 0 atom stereocenters. The SMILES string of the molecule is C=CC(=O)Nc1ccc2c(c1)c(C)cn2-c1nc(Nc2cc(C)[nH]n2)ncc1C. The van der Waals surface area contributed by atoms with Crippen molar-refractivity contribution in [3.8, 4) is 5.82 Å². The van der Waals surface area contributed by atoms with E-state index < -0.39 is 0 Å². The third-order valence-corrected chi connectivity index (χ3v) is 4.58. The Bertz CT molecular complexity index is 1240. The highest BCUT2D eigenvalue weighted by Gasteiger charge is 2.13. The summed E-state index contributed by atoms with van der Waals surface area (Å²) < 4.78 is 2.03. The predicted octanol–water partition coefficient (Wildman–Crippen LogP) is 3.94. The summed E-state index contributed by atoms with van der Waals surface area (Å²) in [5.41, 5.74) is 4.67. The lowest BCUT2D eigenvalue weighted by molar-refractivity contribution is -0.111. The number of nitrogens with one attached hydrogen (secondary N) is 3. The third kappa shape index (κ3) is 3.60. The molecule has 4 aromatic rings. The van der Waals surface area contributed by atoms with Crippen molar-refractivity contribution in [2.24, 2.45) is 0 Å². The zero-order valence-corrected chi connectivity index (χ0v) is 16.4. The second kappa shape index (κ2) is 7.23. The number of carbonyl (C=O) groups excluding carboxylic acids is 1. The lowest BCUT2D eigenvalue weighted by Crippen LogP contribution is -2.07. The summed E-state index contributed by atoms with van der Waals surface area (Å²) in [4.78, 5) is 20.7. The van der Waals surface area contributed by atoms with E-state index in [4.69, 9.17) is 4.98 Å². The van der Waals surface area contributed by atoms with Crippen molar-refractivity contribution in [3.63, 3.8) is 0 Å². The van der Waals surface area contributed by atoms with Gasteiger partial charge in [-0.2, -0.15) is 10.1 Å². The van der Waals surface area contributed by atoms with E-state index in [2.05, 4.69) is 32.4 Å². The molecule has 3 heterocycles. The van der Waals surface area contributed by atoms with Gasteiger partial charge in [0.2, 0.25) is 11.9 Å². The predicted molar refractivity (Wildman–Crippen MR) is 114 cm³/mol. The highest BCUT2D eigenvalue weighted by molar-refractivity contribution is 6.00. The summed E-state index contributed by atoms with van der Waals surface area (Å²) in [5.74, 6) is 1.66. The fourth-order valence-electron chi connectivity index (χ4n) is 3.17. The molecule has 0 aliphatic heterocycles. The molecule has 1 aromatic carbocycles. The van der Waals surface area contributed by atoms with Gasteiger partial charge in [-0.05, 0) is 50.6 Å². The van der Waals surface area contributed by atoms with Crippen molar-refractivity contribution >= 4 is 34.3 Å². The van der Waals surface area contributed by atoms with E-state index in [1.807, 2.05) is 55.8 Å². The minimum atomic E-state index is -0.239. The molecule has 0 aliphatic carbocycles. The van der Waals surface area contributed by atoms with Gasteiger partial charge in [0.15, 0.2) is 5.82 Å². The number of amides is 1. The van der Waals surface area contributed by atoms with Crippen LogP contribution >= 0.6 is 0 Å². The first-order chi connectivity index (χ1) is 13.9. The number of anilines is 3. The van der Waals surface area contributed by atoms with Gasteiger partial charge >= 0.3 is 0 Å². The Balaban J connectivity index is 1.74. The van der Waals surface area contributed by atoms with Crippen LogP contribution in [-0.2, 0) is 4.79 Å². The van der Waals surface area contributed by atoms with E-state index in [9.17, 15) is 4.79 Å². The van der Waals surface area contributed by atoms with E-state index in [0.29, 0.717) is 11.8 Å². The van der Waals surface area contributed by atoms with Gasteiger partial charge in [-0.1, -0.05) is 6.58 Å². The topological polar surface area (TPSA) is 101 Å². The quantitative estimate of drug-likeness (QED) is 0.450. The van der Waals surface area contributed by atoms with Crippen LogP contribution in [0.5, 0.6) is 0 Å². The van der Waals surface area contributed by atoms with Gasteiger partial charge in [-0.3, -0.25) is 9.89 Å². The van der Waals surface area contributed by atoms with E-state index >= 15 is 0 Å². The Kier molecular flexibility index (Phi) is 4.59. The minimum absolute atomic E-state index is 0.239. The first kappa shape index (κ1) is 18.4. The van der Waals surface area contributed by atoms with E-state index in [1.54, 1.807) is 6.20 Å². The fraction of sp³-hybridized carbons (Fsp3) is 0.143. The molecule has 4 rings (SSSR count). The van der Waals surface area contributed by atoms with Gasteiger partial charge in [-0.15, -0.1) is 0 Å². The molecule has 0 unspecified atom stereocenters. The van der Waals surface area contributed by atoms with Crippen LogP contribution in [-0.4, -0.2) is 30.6 Å². The maximum absolute atomic E-state index is 11.6. The van der Waals surface area contributed by atoms with Crippen molar-refractivity contribution in [2.45, 2.75) is 20.8 Å². The van der Waals surface area contributed by atoms with Crippen LogP contribution in [0.2, 0.25) is 0 Å². The highest BCUT2D eigenvalue weighted by atomic mass is 16.1. The molecule has 0 saturated heterocycles. The zero-order valence-electron chi connectivity index (χ0n) is 16.4. The zero-order chi connectivity index (χ0) is 20.5. The Morgan fingerprint density at radius 3 is 2.76 bits per heavy atom. The van der Waals surface area contributed by atoms with Gasteiger partial charge in [-0.25, -0.2) is 4.98 Å². The first-order valence-electron chi connectivity index (χ1n) is 9.13. The lowest BCUT2D eigenvalue weighted by atomic mass is 10.1. The van der Waals surface area contributed by atoms with E-state index in [-0.39, 0.29) is 5.91 Å². The molecule has 0 fully saturated rings. The molecule has 0 spiro atoms. The van der Waals surface area contributed by atoms with Crippen molar-refractivity contribution in [2.75, 3.05) is 10.6 Å². The minimum Gasteiger partial charge on any atom is -0.323 e. The van der Waals surface area contributed by atoms with Gasteiger partial charge < -0.3 is 15.2 Å². The molecule has 1 amide bonds. The van der Waals surface area contributed by atoms with Crippen LogP contribution < -0.4 is 10.6 Å². The number of hydrogen-bond donors (Lipinski definition) is 3. The number of rotatable bonds is 5. The number of aromatic amines is 1. The van der Waals surface area contributed by atoms with Crippen LogP contribution in [0.4, 0.5) is 17.5 Å². The summed E-state index contributed by atoms with van der Waals surface area (Å²) in [6, 6.07) is 7.66. The summed E-state index contributed by atoms with van der Waals surface area (Å²) in [7, 11) is 0. The standard InChI is InChI=1S/C21H21N7O/c1-5-19(29)23-15-6-7-17-16(9-15)13(3)11-28(17)20-12(2)10-22-21(25-20)24-18-8-14(4)26-27-18/h5-11H,1H2,2-4H3,(H,23,29)(H2,22,24,25,26,27). The van der Waals surface area contributed by atoms with Crippen molar-refractivity contribution < 1.29 is 4.79 Å². The van der Waals surface area contributed by atoms with Crippen molar-refractivity contribution in [1.82, 2.24) is 24.7 Å². The number of benzene rings is 1. The highest BCUT2D eigenvalue weighted by Crippen LogP contribution is 2.28. The molecule has 29 heavy (non-hydrogen) atoms. The monoisotopic (exact) mass is 387 g/mol. The Labute approximate surface area is 167 Å². The van der Waals surface area contributed by atoms with E-state index in [0.717, 1.165) is 39.2 Å². The number of hydrogen-bond acceptors (Lipinski definition) is 5. The van der Waals surface area contributed by atoms with Crippen LogP contribution in [0.15, 0.2) is 49.3 Å². The summed E-state index contributed by atoms with van der Waals surface area (Å²) in [6.45, 7) is 9.42. The average molecular weight is 387 g/mol. The molecule has 3 aromatic heterocycles. The smallest absolute Gasteiger partial charge is 0.247 e. The van der Waals surface area contributed by atoms with Crippen LogP contribution in [0.1, 0.15) is 16.8 Å². The molecule has 8 heteroatoms. The average Bonchev–Trinajstić information content (AvgIpc) is 3.26. The Hall–Kier alpha value is -3.94. The second-order valence-corrected chi connectivity index (χ2v) is 6.87. The largest absolute Gasteiger partial charge is 0.323 e. The first-order valence-corrected chi connectivity index (χ1v) is 9.13. The van der Waals surface area contributed by atoms with Crippen LogP contribution in [0.3, 0.4) is 0 Å². The number of nitrogens with zero attached hydrogens (tertiary/aromatic N) is 4. The number of H-pyrrole nitrogens is 1. The molecule has 3 N–H and O–H groups in total. The summed E-state index contributed by atoms with van der Waals surface area (Å²) >= 11 is 0. The fourth-order valence-corrected chi connectivity index (χ4v) is 3.17. The molecule has 0 aliphatic rings. The maximum Gasteiger partial charge on any atom is 0.247 e. The number of aromatic nitrogens is 5. The van der Waals surface area contributed by atoms with Gasteiger partial charge in [0, 0.05) is 40.8 Å². The molecule has 146 valence electrons. The maximum atomic E-state index is 11.6. The lowest BCUT2D eigenvalue weighted by Gasteiger charge is -2.10. The number of fused-ring (bicyclic) bond motifs is 1. The molecule has 0 radical (unpaired) electrons. The summed E-state index contributed by atoms with van der Waals surface area (Å²) in [6.07, 6.45) is 5.06. The van der Waals surface area contributed by atoms with Crippen molar-refractivity contribution in [3.05, 3.63) is 66.1 Å². The molecule has 0 saturated carbocycles. The normalized spacial score (nSPS) is 10.9. The van der Waals surface area contributed by atoms with Crippen LogP contribution in [0.25, 0.3) is 16.7 Å². The Morgan fingerprint density at radius 2 is 2.03 bits per heavy atom. The number of aryl methyl sites for hydroxylation is 3. The molecular weight excluding hydrogens is 366 g/mol. The molecule has 0 bridgehead atoms.